The van der Waals surface area contributed by atoms with Gasteiger partial charge in [-0.2, -0.15) is 15.0 Å². The van der Waals surface area contributed by atoms with Crippen molar-refractivity contribution in [2.45, 2.75) is 20.3 Å². The second-order valence-electron chi connectivity index (χ2n) is 4.11. The number of aromatic nitrogens is 3. The average Bonchev–Trinajstić information content (AvgIpc) is 2.16. The lowest BCUT2D eigenvalue weighted by molar-refractivity contribution is 0.268. The van der Waals surface area contributed by atoms with Gasteiger partial charge in [0, 0.05) is 14.1 Å². The molecule has 0 bridgehead atoms. The van der Waals surface area contributed by atoms with Crippen molar-refractivity contribution in [1.82, 2.24) is 15.0 Å². The lowest BCUT2D eigenvalue weighted by atomic mass is 10.1. The second-order valence-corrected chi connectivity index (χ2v) is 4.45. The Morgan fingerprint density at radius 1 is 1.25 bits per heavy atom. The number of nitrogens with zero attached hydrogens (tertiary/aromatic N) is 4. The van der Waals surface area contributed by atoms with Gasteiger partial charge >= 0.3 is 6.01 Å². The van der Waals surface area contributed by atoms with Crippen molar-refractivity contribution < 1.29 is 4.74 Å². The van der Waals surface area contributed by atoms with Gasteiger partial charge in [0.2, 0.25) is 11.2 Å². The van der Waals surface area contributed by atoms with E-state index in [0.717, 1.165) is 6.42 Å². The highest BCUT2D eigenvalue weighted by atomic mass is 35.5. The van der Waals surface area contributed by atoms with Crippen LogP contribution in [0.3, 0.4) is 0 Å². The highest BCUT2D eigenvalue weighted by Crippen LogP contribution is 2.13. The molecule has 0 saturated heterocycles. The maximum Gasteiger partial charge on any atom is 0.322 e. The predicted molar refractivity (Wildman–Crippen MR) is 64.1 cm³/mol. The third-order valence-corrected chi connectivity index (χ3v) is 2.07. The second kappa shape index (κ2) is 5.84. The van der Waals surface area contributed by atoms with Crippen LogP contribution in [0.4, 0.5) is 5.95 Å². The fourth-order valence-corrected chi connectivity index (χ4v) is 1.12. The molecular weight excluding hydrogens is 228 g/mol. The normalized spacial score (nSPS) is 10.6. The first kappa shape index (κ1) is 13.0. The highest BCUT2D eigenvalue weighted by Gasteiger charge is 2.07. The molecule has 0 spiro atoms. The van der Waals surface area contributed by atoms with Crippen LogP contribution in [-0.2, 0) is 0 Å². The van der Waals surface area contributed by atoms with E-state index in [0.29, 0.717) is 18.5 Å². The van der Waals surface area contributed by atoms with E-state index < -0.39 is 0 Å². The molecule has 90 valence electrons. The molecule has 16 heavy (non-hydrogen) atoms. The molecule has 1 heterocycles. The number of hydrogen-bond donors (Lipinski definition) is 0. The summed E-state index contributed by atoms with van der Waals surface area (Å²) in [6.45, 7) is 4.86. The summed E-state index contributed by atoms with van der Waals surface area (Å²) >= 11 is 5.77. The van der Waals surface area contributed by atoms with Gasteiger partial charge in [-0.3, -0.25) is 0 Å². The van der Waals surface area contributed by atoms with E-state index in [1.807, 2.05) is 14.1 Å². The monoisotopic (exact) mass is 244 g/mol. The first-order valence-corrected chi connectivity index (χ1v) is 5.58. The van der Waals surface area contributed by atoms with Gasteiger partial charge in [-0.15, -0.1) is 0 Å². The fraction of sp³-hybridized carbons (Fsp3) is 0.700. The van der Waals surface area contributed by atoms with Crippen molar-refractivity contribution in [3.63, 3.8) is 0 Å². The van der Waals surface area contributed by atoms with E-state index in [-0.39, 0.29) is 11.3 Å². The summed E-state index contributed by atoms with van der Waals surface area (Å²) < 4.78 is 5.42. The lowest BCUT2D eigenvalue weighted by Crippen LogP contribution is -2.14. The van der Waals surface area contributed by atoms with Crippen molar-refractivity contribution in [1.29, 1.82) is 0 Å². The predicted octanol–water partition coefficient (Wildman–Crippen LogP) is 2.02. The topological polar surface area (TPSA) is 51.1 Å². The minimum Gasteiger partial charge on any atom is -0.463 e. The molecular formula is C10H17ClN4O. The maximum absolute atomic E-state index is 5.77. The van der Waals surface area contributed by atoms with Gasteiger partial charge in [0.15, 0.2) is 0 Å². The number of anilines is 1. The number of hydrogen-bond acceptors (Lipinski definition) is 5. The molecule has 1 aromatic heterocycles. The first-order valence-electron chi connectivity index (χ1n) is 5.20. The molecule has 0 aromatic carbocycles. The Hall–Kier alpha value is -1.10. The fourth-order valence-electron chi connectivity index (χ4n) is 0.972. The summed E-state index contributed by atoms with van der Waals surface area (Å²) in [5.74, 6) is 1.09. The van der Waals surface area contributed by atoms with Gasteiger partial charge in [-0.05, 0) is 23.9 Å². The molecule has 0 aliphatic carbocycles. The molecule has 0 atom stereocenters. The average molecular weight is 245 g/mol. The van der Waals surface area contributed by atoms with E-state index in [1.54, 1.807) is 4.90 Å². The third kappa shape index (κ3) is 4.18. The quantitative estimate of drug-likeness (QED) is 0.793. The summed E-state index contributed by atoms with van der Waals surface area (Å²) in [4.78, 5) is 13.8. The van der Waals surface area contributed by atoms with Crippen molar-refractivity contribution in [3.8, 4) is 6.01 Å². The van der Waals surface area contributed by atoms with Crippen LogP contribution < -0.4 is 9.64 Å². The van der Waals surface area contributed by atoms with Crippen LogP contribution in [0.1, 0.15) is 20.3 Å². The van der Waals surface area contributed by atoms with Crippen LogP contribution in [0.5, 0.6) is 6.01 Å². The van der Waals surface area contributed by atoms with Crippen LogP contribution >= 0.6 is 11.6 Å². The maximum atomic E-state index is 5.77. The summed E-state index contributed by atoms with van der Waals surface area (Å²) in [7, 11) is 3.67. The van der Waals surface area contributed by atoms with E-state index in [2.05, 4.69) is 28.8 Å². The summed E-state index contributed by atoms with van der Waals surface area (Å²) in [6.07, 6.45) is 0.959. The van der Waals surface area contributed by atoms with E-state index in [1.165, 1.54) is 0 Å². The molecule has 6 heteroatoms. The molecule has 0 N–H and O–H groups in total. The zero-order valence-corrected chi connectivity index (χ0v) is 10.8. The standard InChI is InChI=1S/C10H17ClN4O/c1-7(2)5-6-16-10-13-8(11)12-9(14-10)15(3)4/h7H,5-6H2,1-4H3. The molecule has 0 radical (unpaired) electrons. The van der Waals surface area contributed by atoms with Crippen molar-refractivity contribution in [2.75, 3.05) is 25.6 Å². The third-order valence-electron chi connectivity index (χ3n) is 1.90. The van der Waals surface area contributed by atoms with Gasteiger partial charge < -0.3 is 9.64 Å². The molecule has 0 aliphatic rings. The van der Waals surface area contributed by atoms with Crippen LogP contribution in [0, 0.1) is 5.92 Å². The molecule has 0 unspecified atom stereocenters. The number of ether oxygens (including phenoxy) is 1. The van der Waals surface area contributed by atoms with Gasteiger partial charge in [0.25, 0.3) is 0 Å². The Kier molecular flexibility index (Phi) is 4.73. The largest absolute Gasteiger partial charge is 0.463 e. The first-order chi connectivity index (χ1) is 7.49. The van der Waals surface area contributed by atoms with Gasteiger partial charge in [-0.25, -0.2) is 0 Å². The Bertz CT molecular complexity index is 344. The Labute approximate surface area is 101 Å². The smallest absolute Gasteiger partial charge is 0.322 e. The van der Waals surface area contributed by atoms with Crippen molar-refractivity contribution in [3.05, 3.63) is 5.28 Å². The highest BCUT2D eigenvalue weighted by molar-refractivity contribution is 6.28. The van der Waals surface area contributed by atoms with E-state index >= 15 is 0 Å². The zero-order chi connectivity index (χ0) is 12.1. The van der Waals surface area contributed by atoms with E-state index in [4.69, 9.17) is 16.3 Å². The van der Waals surface area contributed by atoms with E-state index in [9.17, 15) is 0 Å². The molecule has 0 amide bonds. The molecule has 0 fully saturated rings. The van der Waals surface area contributed by atoms with Crippen LogP contribution in [0.25, 0.3) is 0 Å². The van der Waals surface area contributed by atoms with Crippen molar-refractivity contribution in [2.24, 2.45) is 5.92 Å². The van der Waals surface area contributed by atoms with Crippen LogP contribution in [-0.4, -0.2) is 35.7 Å². The Balaban J connectivity index is 2.65. The number of halogens is 1. The van der Waals surface area contributed by atoms with Gasteiger partial charge in [0.1, 0.15) is 0 Å². The van der Waals surface area contributed by atoms with Gasteiger partial charge in [-0.1, -0.05) is 13.8 Å². The zero-order valence-electron chi connectivity index (χ0n) is 10.1. The number of rotatable bonds is 5. The summed E-state index contributed by atoms with van der Waals surface area (Å²) in [5.41, 5.74) is 0. The Morgan fingerprint density at radius 3 is 2.50 bits per heavy atom. The lowest BCUT2D eigenvalue weighted by Gasteiger charge is -2.11. The van der Waals surface area contributed by atoms with Crippen LogP contribution in [0.15, 0.2) is 0 Å². The molecule has 0 saturated carbocycles. The summed E-state index contributed by atoms with van der Waals surface area (Å²) in [5, 5.41) is 0.151. The van der Waals surface area contributed by atoms with Crippen molar-refractivity contribution >= 4 is 17.5 Å². The SMILES string of the molecule is CC(C)CCOc1nc(Cl)nc(N(C)C)n1. The molecule has 1 rings (SSSR count). The van der Waals surface area contributed by atoms with Gasteiger partial charge in [0.05, 0.1) is 6.61 Å². The summed E-state index contributed by atoms with van der Waals surface area (Å²) in [6, 6.07) is 0.282. The molecule has 5 nitrogen and oxygen atoms in total. The molecule has 1 aromatic rings. The minimum absolute atomic E-state index is 0.151. The molecule has 0 aliphatic heterocycles. The Morgan fingerprint density at radius 2 is 1.94 bits per heavy atom. The minimum atomic E-state index is 0.151. The van der Waals surface area contributed by atoms with Crippen LogP contribution in [0.2, 0.25) is 5.28 Å².